The second kappa shape index (κ2) is 3.81. The molecule has 4 heteroatoms. The number of aliphatic hydroxyl groups is 1. The van der Waals surface area contributed by atoms with Crippen LogP contribution in [0.1, 0.15) is 30.6 Å². The van der Waals surface area contributed by atoms with Gasteiger partial charge < -0.3 is 10.8 Å². The predicted octanol–water partition coefficient (Wildman–Crippen LogP) is 2.49. The highest BCUT2D eigenvalue weighted by atomic mass is 35.5. The average Bonchev–Trinajstić information content (AvgIpc) is 2.58. The first-order chi connectivity index (χ1) is 6.60. The van der Waals surface area contributed by atoms with Crippen molar-refractivity contribution in [1.29, 1.82) is 0 Å². The molecule has 1 aromatic rings. The van der Waals surface area contributed by atoms with E-state index >= 15 is 0 Å². The van der Waals surface area contributed by atoms with Crippen molar-refractivity contribution in [3.05, 3.63) is 21.3 Å². The minimum atomic E-state index is -0.673. The van der Waals surface area contributed by atoms with Gasteiger partial charge in [0.25, 0.3) is 0 Å². The first-order valence-electron chi connectivity index (χ1n) is 4.84. The number of hydrogen-bond donors (Lipinski definition) is 2. The van der Waals surface area contributed by atoms with Gasteiger partial charge in [-0.1, -0.05) is 11.6 Å². The Hall–Kier alpha value is -0.0900. The van der Waals surface area contributed by atoms with Gasteiger partial charge in [0.15, 0.2) is 0 Å². The summed E-state index contributed by atoms with van der Waals surface area (Å²) in [5, 5.41) is 10.4. The van der Waals surface area contributed by atoms with Gasteiger partial charge in [-0.2, -0.15) is 0 Å². The quantitative estimate of drug-likeness (QED) is 0.780. The molecule has 2 rings (SSSR count). The molecule has 0 unspecified atom stereocenters. The number of halogens is 1. The van der Waals surface area contributed by atoms with Crippen molar-refractivity contribution in [2.24, 2.45) is 5.73 Å². The molecular weight excluding hydrogens is 218 g/mol. The molecule has 1 fully saturated rings. The zero-order valence-corrected chi connectivity index (χ0v) is 9.44. The number of thiophene rings is 1. The monoisotopic (exact) mass is 231 g/mol. The van der Waals surface area contributed by atoms with Crippen molar-refractivity contribution in [1.82, 2.24) is 0 Å². The van der Waals surface area contributed by atoms with Crippen molar-refractivity contribution in [3.63, 3.8) is 0 Å². The number of rotatable bonds is 1. The first kappa shape index (κ1) is 10.4. The SMILES string of the molecule is NC1CCC(O)(c2ccc(Cl)s2)CC1. The normalized spacial score (nSPS) is 33.2. The van der Waals surface area contributed by atoms with Crippen LogP contribution >= 0.6 is 22.9 Å². The topological polar surface area (TPSA) is 46.2 Å². The second-order valence-corrected chi connectivity index (χ2v) is 5.69. The van der Waals surface area contributed by atoms with Crippen molar-refractivity contribution >= 4 is 22.9 Å². The van der Waals surface area contributed by atoms with Gasteiger partial charge in [0, 0.05) is 10.9 Å². The Morgan fingerprint density at radius 2 is 2.07 bits per heavy atom. The molecule has 0 aromatic carbocycles. The molecule has 14 heavy (non-hydrogen) atoms. The molecule has 0 radical (unpaired) electrons. The molecule has 3 N–H and O–H groups in total. The summed E-state index contributed by atoms with van der Waals surface area (Å²) in [4.78, 5) is 0.981. The predicted molar refractivity (Wildman–Crippen MR) is 59.7 cm³/mol. The van der Waals surface area contributed by atoms with E-state index in [4.69, 9.17) is 17.3 Å². The lowest BCUT2D eigenvalue weighted by molar-refractivity contribution is -0.00157. The third kappa shape index (κ3) is 1.96. The van der Waals surface area contributed by atoms with Gasteiger partial charge in [-0.15, -0.1) is 11.3 Å². The summed E-state index contributed by atoms with van der Waals surface area (Å²) in [6.07, 6.45) is 3.30. The zero-order valence-electron chi connectivity index (χ0n) is 7.87. The van der Waals surface area contributed by atoms with Crippen molar-refractivity contribution in [2.75, 3.05) is 0 Å². The summed E-state index contributed by atoms with van der Waals surface area (Å²) >= 11 is 7.32. The van der Waals surface area contributed by atoms with Gasteiger partial charge in [-0.3, -0.25) is 0 Å². The van der Waals surface area contributed by atoms with E-state index in [1.165, 1.54) is 11.3 Å². The standard InChI is InChI=1S/C10H14ClNOS/c11-9-2-1-8(14-9)10(13)5-3-7(12)4-6-10/h1-2,7,13H,3-6,12H2. The number of nitrogens with two attached hydrogens (primary N) is 1. The molecule has 0 amide bonds. The zero-order chi connectivity index (χ0) is 10.2. The van der Waals surface area contributed by atoms with Crippen LogP contribution in [0.15, 0.2) is 12.1 Å². The van der Waals surface area contributed by atoms with Gasteiger partial charge in [0.05, 0.1) is 9.94 Å². The van der Waals surface area contributed by atoms with Crippen molar-refractivity contribution in [2.45, 2.75) is 37.3 Å². The average molecular weight is 232 g/mol. The largest absolute Gasteiger partial charge is 0.384 e. The van der Waals surface area contributed by atoms with Crippen LogP contribution in [0.25, 0.3) is 0 Å². The van der Waals surface area contributed by atoms with E-state index in [0.29, 0.717) is 0 Å². The van der Waals surface area contributed by atoms with Crippen LogP contribution in [0.2, 0.25) is 4.34 Å². The molecule has 0 aliphatic heterocycles. The third-order valence-electron chi connectivity index (χ3n) is 2.89. The molecule has 2 nitrogen and oxygen atoms in total. The maximum Gasteiger partial charge on any atom is 0.0989 e. The minimum Gasteiger partial charge on any atom is -0.384 e. The molecule has 78 valence electrons. The van der Waals surface area contributed by atoms with E-state index in [0.717, 1.165) is 34.9 Å². The summed E-state index contributed by atoms with van der Waals surface area (Å²) in [6.45, 7) is 0. The third-order valence-corrected chi connectivity index (χ3v) is 4.31. The Bertz CT molecular complexity index is 318. The van der Waals surface area contributed by atoms with Crippen LogP contribution in [0.5, 0.6) is 0 Å². The smallest absolute Gasteiger partial charge is 0.0989 e. The van der Waals surface area contributed by atoms with E-state index in [2.05, 4.69) is 0 Å². The molecular formula is C10H14ClNOS. The Morgan fingerprint density at radius 3 is 2.57 bits per heavy atom. The van der Waals surface area contributed by atoms with Crippen LogP contribution in [-0.4, -0.2) is 11.1 Å². The van der Waals surface area contributed by atoms with Gasteiger partial charge in [-0.05, 0) is 37.8 Å². The molecule has 0 saturated heterocycles. The Morgan fingerprint density at radius 1 is 1.43 bits per heavy atom. The van der Waals surface area contributed by atoms with Crippen LogP contribution in [-0.2, 0) is 5.60 Å². The molecule has 0 spiro atoms. The Kier molecular flexibility index (Phi) is 2.84. The highest BCUT2D eigenvalue weighted by molar-refractivity contribution is 7.16. The summed E-state index contributed by atoms with van der Waals surface area (Å²) < 4.78 is 0.739. The van der Waals surface area contributed by atoms with E-state index in [1.54, 1.807) is 0 Å². The highest BCUT2D eigenvalue weighted by Crippen LogP contribution is 2.40. The lowest BCUT2D eigenvalue weighted by atomic mass is 9.81. The van der Waals surface area contributed by atoms with E-state index in [9.17, 15) is 5.11 Å². The molecule has 1 saturated carbocycles. The van der Waals surface area contributed by atoms with E-state index in [1.807, 2.05) is 12.1 Å². The fourth-order valence-corrected chi connectivity index (χ4v) is 3.12. The fraction of sp³-hybridized carbons (Fsp3) is 0.600. The molecule has 1 aliphatic rings. The van der Waals surface area contributed by atoms with Gasteiger partial charge in [-0.25, -0.2) is 0 Å². The molecule has 1 aromatic heterocycles. The molecule has 1 aliphatic carbocycles. The van der Waals surface area contributed by atoms with Gasteiger partial charge in [0.1, 0.15) is 0 Å². The van der Waals surface area contributed by atoms with Crippen LogP contribution < -0.4 is 5.73 Å². The Labute approximate surface area is 92.7 Å². The first-order valence-corrected chi connectivity index (χ1v) is 6.03. The fourth-order valence-electron chi connectivity index (χ4n) is 1.93. The minimum absolute atomic E-state index is 0.255. The summed E-state index contributed by atoms with van der Waals surface area (Å²) in [5.41, 5.74) is 5.13. The maximum absolute atomic E-state index is 10.4. The maximum atomic E-state index is 10.4. The summed E-state index contributed by atoms with van der Waals surface area (Å²) in [5.74, 6) is 0. The summed E-state index contributed by atoms with van der Waals surface area (Å²) in [7, 11) is 0. The van der Waals surface area contributed by atoms with Crippen LogP contribution in [0.4, 0.5) is 0 Å². The lowest BCUT2D eigenvalue weighted by Gasteiger charge is -2.33. The summed E-state index contributed by atoms with van der Waals surface area (Å²) in [6, 6.07) is 4.02. The van der Waals surface area contributed by atoms with E-state index < -0.39 is 5.60 Å². The van der Waals surface area contributed by atoms with Crippen molar-refractivity contribution in [3.8, 4) is 0 Å². The van der Waals surface area contributed by atoms with Crippen LogP contribution in [0.3, 0.4) is 0 Å². The van der Waals surface area contributed by atoms with E-state index in [-0.39, 0.29) is 6.04 Å². The van der Waals surface area contributed by atoms with Gasteiger partial charge in [0.2, 0.25) is 0 Å². The van der Waals surface area contributed by atoms with Crippen LogP contribution in [0, 0.1) is 0 Å². The molecule has 0 bridgehead atoms. The second-order valence-electron chi connectivity index (χ2n) is 3.97. The molecule has 1 heterocycles. The van der Waals surface area contributed by atoms with Gasteiger partial charge >= 0.3 is 0 Å². The lowest BCUT2D eigenvalue weighted by Crippen LogP contribution is -2.36. The van der Waals surface area contributed by atoms with Crippen molar-refractivity contribution < 1.29 is 5.11 Å². The number of hydrogen-bond acceptors (Lipinski definition) is 3. The highest BCUT2D eigenvalue weighted by Gasteiger charge is 2.34. The molecule has 0 atom stereocenters. The Balaban J connectivity index is 2.16.